The molecule has 0 spiro atoms. The molecule has 0 aliphatic carbocycles. The molecule has 0 aliphatic rings. The molecule has 0 aromatic heterocycles. The fourth-order valence-electron chi connectivity index (χ4n) is 0.433. The topological polar surface area (TPSA) is 44.3 Å². The van der Waals surface area contributed by atoms with Gasteiger partial charge in [-0.2, -0.15) is 0 Å². The Morgan fingerprint density at radius 2 is 2.11 bits per heavy atom. The highest BCUT2D eigenvalue weighted by atomic mass is 16.3. The van der Waals surface area contributed by atoms with E-state index in [1.807, 2.05) is 0 Å². The minimum absolute atomic E-state index is 0.269. The molecule has 0 radical (unpaired) electrons. The van der Waals surface area contributed by atoms with E-state index in [-0.39, 0.29) is 6.10 Å². The molecule has 0 aromatic rings. The molecule has 0 saturated heterocycles. The number of nitrogens with one attached hydrogen (secondary N) is 2. The molecule has 9 heavy (non-hydrogen) atoms. The third-order valence-electron chi connectivity index (χ3n) is 0.897. The van der Waals surface area contributed by atoms with Gasteiger partial charge >= 0.3 is 0 Å². The van der Waals surface area contributed by atoms with Crippen LogP contribution in [0.15, 0.2) is 0 Å². The molecule has 3 heteroatoms. The van der Waals surface area contributed by atoms with Crippen LogP contribution in [0.2, 0.25) is 0 Å². The lowest BCUT2D eigenvalue weighted by molar-refractivity contribution is 0.185. The van der Waals surface area contributed by atoms with Gasteiger partial charge in [0.25, 0.3) is 0 Å². The minimum atomic E-state index is -0.269. The lowest BCUT2D eigenvalue weighted by atomic mass is 10.4. The zero-order valence-corrected chi connectivity index (χ0v) is 6.15. The Labute approximate surface area is 56.4 Å². The number of aliphatic hydroxyl groups is 1. The molecule has 0 fully saturated rings. The van der Waals surface area contributed by atoms with E-state index < -0.39 is 0 Å². The van der Waals surface area contributed by atoms with Crippen LogP contribution < -0.4 is 10.9 Å². The monoisotopic (exact) mass is 132 g/mol. The van der Waals surface area contributed by atoms with Gasteiger partial charge in [0.05, 0.1) is 6.10 Å². The van der Waals surface area contributed by atoms with Gasteiger partial charge in [0.1, 0.15) is 0 Å². The van der Waals surface area contributed by atoms with Crippen molar-refractivity contribution in [2.45, 2.75) is 26.4 Å². The van der Waals surface area contributed by atoms with Crippen molar-refractivity contribution in [3.8, 4) is 0 Å². The number of rotatable bonds is 5. The largest absolute Gasteiger partial charge is 0.392 e. The van der Waals surface area contributed by atoms with Crippen LogP contribution in [0.25, 0.3) is 0 Å². The molecule has 0 saturated carbocycles. The molecule has 3 N–H and O–H groups in total. The molecule has 0 aliphatic heterocycles. The Kier molecular flexibility index (Phi) is 5.93. The second-order valence-electron chi connectivity index (χ2n) is 2.16. The summed E-state index contributed by atoms with van der Waals surface area (Å²) in [6.45, 7) is 5.41. The van der Waals surface area contributed by atoms with Crippen molar-refractivity contribution >= 4 is 0 Å². The summed E-state index contributed by atoms with van der Waals surface area (Å²) in [5, 5.41) is 8.75. The summed E-state index contributed by atoms with van der Waals surface area (Å²) in [6, 6.07) is 0. The van der Waals surface area contributed by atoms with Gasteiger partial charge in [0.2, 0.25) is 0 Å². The Morgan fingerprint density at radius 3 is 2.56 bits per heavy atom. The maximum absolute atomic E-state index is 8.75. The highest BCUT2D eigenvalue weighted by Crippen LogP contribution is 1.72. The first kappa shape index (κ1) is 8.88. The number of hydrogen-bond donors (Lipinski definition) is 3. The Balaban J connectivity index is 2.75. The first-order valence-corrected chi connectivity index (χ1v) is 3.41. The third kappa shape index (κ3) is 7.88. The van der Waals surface area contributed by atoms with Gasteiger partial charge in [-0.25, -0.2) is 0 Å². The van der Waals surface area contributed by atoms with E-state index in [1.165, 1.54) is 0 Å². The highest BCUT2D eigenvalue weighted by Gasteiger charge is 1.90. The standard InChI is InChI=1S/C6H16N2O/c1-3-4-7-8-5-6(2)9/h6-9H,3-5H2,1-2H3. The highest BCUT2D eigenvalue weighted by molar-refractivity contribution is 4.47. The SMILES string of the molecule is CCCNNCC(C)O. The molecule has 0 heterocycles. The summed E-state index contributed by atoms with van der Waals surface area (Å²) < 4.78 is 0. The lowest BCUT2D eigenvalue weighted by Crippen LogP contribution is -2.37. The molecule has 0 bridgehead atoms. The van der Waals surface area contributed by atoms with Crippen molar-refractivity contribution in [1.29, 1.82) is 0 Å². The molecule has 56 valence electrons. The van der Waals surface area contributed by atoms with E-state index >= 15 is 0 Å². The average molecular weight is 132 g/mol. The summed E-state index contributed by atoms with van der Waals surface area (Å²) in [4.78, 5) is 0. The van der Waals surface area contributed by atoms with Crippen LogP contribution in [-0.4, -0.2) is 24.3 Å². The molecule has 0 aromatic carbocycles. The third-order valence-corrected chi connectivity index (χ3v) is 0.897. The van der Waals surface area contributed by atoms with E-state index in [1.54, 1.807) is 6.92 Å². The Morgan fingerprint density at radius 1 is 1.44 bits per heavy atom. The van der Waals surface area contributed by atoms with E-state index in [0.29, 0.717) is 6.54 Å². The fourth-order valence-corrected chi connectivity index (χ4v) is 0.433. The van der Waals surface area contributed by atoms with Gasteiger partial charge in [-0.05, 0) is 13.3 Å². The lowest BCUT2D eigenvalue weighted by Gasteiger charge is -2.06. The summed E-state index contributed by atoms with van der Waals surface area (Å²) in [5.74, 6) is 0. The maximum Gasteiger partial charge on any atom is 0.0650 e. The number of hydrogen-bond acceptors (Lipinski definition) is 3. The normalized spacial score (nSPS) is 13.7. The molecule has 0 amide bonds. The van der Waals surface area contributed by atoms with Gasteiger partial charge in [-0.15, -0.1) is 0 Å². The van der Waals surface area contributed by atoms with Crippen LogP contribution in [-0.2, 0) is 0 Å². The minimum Gasteiger partial charge on any atom is -0.392 e. The van der Waals surface area contributed by atoms with Gasteiger partial charge in [-0.1, -0.05) is 6.92 Å². The van der Waals surface area contributed by atoms with Crippen LogP contribution >= 0.6 is 0 Å². The van der Waals surface area contributed by atoms with Crippen molar-refractivity contribution in [2.24, 2.45) is 0 Å². The zero-order chi connectivity index (χ0) is 7.11. The predicted octanol–water partition coefficient (Wildman–Crippen LogP) is -0.129. The zero-order valence-electron chi connectivity index (χ0n) is 6.15. The predicted molar refractivity (Wildman–Crippen MR) is 38.0 cm³/mol. The van der Waals surface area contributed by atoms with E-state index in [9.17, 15) is 0 Å². The first-order chi connectivity index (χ1) is 4.27. The van der Waals surface area contributed by atoms with Crippen molar-refractivity contribution in [2.75, 3.05) is 13.1 Å². The maximum atomic E-state index is 8.75. The van der Waals surface area contributed by atoms with Crippen LogP contribution in [0.4, 0.5) is 0 Å². The van der Waals surface area contributed by atoms with Gasteiger partial charge in [-0.3, -0.25) is 10.9 Å². The van der Waals surface area contributed by atoms with E-state index in [0.717, 1.165) is 13.0 Å². The first-order valence-electron chi connectivity index (χ1n) is 3.41. The van der Waals surface area contributed by atoms with Crippen LogP contribution in [0.3, 0.4) is 0 Å². The Hall–Kier alpha value is -0.120. The second-order valence-corrected chi connectivity index (χ2v) is 2.16. The summed E-state index contributed by atoms with van der Waals surface area (Å²) in [5.41, 5.74) is 5.84. The number of aliphatic hydroxyl groups excluding tert-OH is 1. The molecular formula is C6H16N2O. The van der Waals surface area contributed by atoms with Crippen LogP contribution in [0, 0.1) is 0 Å². The average Bonchev–Trinajstić information content (AvgIpc) is 1.80. The number of hydrazine groups is 1. The van der Waals surface area contributed by atoms with Crippen LogP contribution in [0.1, 0.15) is 20.3 Å². The van der Waals surface area contributed by atoms with Crippen molar-refractivity contribution in [1.82, 2.24) is 10.9 Å². The fraction of sp³-hybridized carbons (Fsp3) is 1.00. The van der Waals surface area contributed by atoms with Crippen molar-refractivity contribution in [3.63, 3.8) is 0 Å². The van der Waals surface area contributed by atoms with Gasteiger partial charge in [0.15, 0.2) is 0 Å². The smallest absolute Gasteiger partial charge is 0.0650 e. The van der Waals surface area contributed by atoms with E-state index in [2.05, 4.69) is 17.8 Å². The van der Waals surface area contributed by atoms with Crippen LogP contribution in [0.5, 0.6) is 0 Å². The van der Waals surface area contributed by atoms with Gasteiger partial charge < -0.3 is 5.11 Å². The molecule has 1 atom stereocenters. The quantitative estimate of drug-likeness (QED) is 0.361. The summed E-state index contributed by atoms with van der Waals surface area (Å²) in [6.07, 6.45) is 0.835. The molecular weight excluding hydrogens is 116 g/mol. The summed E-state index contributed by atoms with van der Waals surface area (Å²) >= 11 is 0. The molecule has 3 nitrogen and oxygen atoms in total. The van der Waals surface area contributed by atoms with Crippen molar-refractivity contribution in [3.05, 3.63) is 0 Å². The van der Waals surface area contributed by atoms with Crippen molar-refractivity contribution < 1.29 is 5.11 Å². The second kappa shape index (κ2) is 6.01. The molecule has 0 rings (SSSR count). The molecule has 1 unspecified atom stereocenters. The van der Waals surface area contributed by atoms with Gasteiger partial charge in [0, 0.05) is 13.1 Å². The Bertz CT molecular complexity index is 57.0. The summed E-state index contributed by atoms with van der Waals surface area (Å²) in [7, 11) is 0. The van der Waals surface area contributed by atoms with E-state index in [4.69, 9.17) is 5.11 Å².